The number of carbonyl (C=O) groups is 1. The quantitative estimate of drug-likeness (QED) is 0.609. The summed E-state index contributed by atoms with van der Waals surface area (Å²) in [6.07, 6.45) is 3.40. The fourth-order valence-corrected chi connectivity index (χ4v) is 6.80. The fourth-order valence-electron chi connectivity index (χ4n) is 6.07. The Morgan fingerprint density at radius 2 is 1.97 bits per heavy atom. The van der Waals surface area contributed by atoms with E-state index in [9.17, 15) is 4.79 Å². The van der Waals surface area contributed by atoms with Crippen LogP contribution in [0.15, 0.2) is 47.8 Å². The minimum absolute atomic E-state index is 0.0635. The summed E-state index contributed by atoms with van der Waals surface area (Å²) in [5.41, 5.74) is 1.21. The first kappa shape index (κ1) is 19.5. The van der Waals surface area contributed by atoms with Crippen LogP contribution in [0.3, 0.4) is 0 Å². The minimum Gasteiger partial charge on any atom is -0.405 e. The van der Waals surface area contributed by atoms with E-state index in [0.717, 1.165) is 22.8 Å². The SMILES string of the molecule is CC1(C)C2CC3OB([C@@H](CC(=O)Cc4cccs4)c4ccccc4)O[C@@]3(C)C1C2. The molecule has 5 atom stereocenters. The van der Waals surface area contributed by atoms with Crippen molar-refractivity contribution in [1.29, 1.82) is 0 Å². The highest BCUT2D eigenvalue weighted by Gasteiger charge is 2.68. The molecule has 2 aromatic rings. The van der Waals surface area contributed by atoms with Crippen LogP contribution >= 0.6 is 11.3 Å². The van der Waals surface area contributed by atoms with Crippen LogP contribution < -0.4 is 0 Å². The van der Waals surface area contributed by atoms with Crippen LogP contribution in [0.2, 0.25) is 0 Å². The summed E-state index contributed by atoms with van der Waals surface area (Å²) in [5.74, 6) is 1.44. The number of benzene rings is 1. The van der Waals surface area contributed by atoms with E-state index in [-0.39, 0.29) is 30.4 Å². The van der Waals surface area contributed by atoms with Crippen molar-refractivity contribution in [3.63, 3.8) is 0 Å². The van der Waals surface area contributed by atoms with Crippen molar-refractivity contribution >= 4 is 24.2 Å². The molecule has 0 N–H and O–H groups in total. The summed E-state index contributed by atoms with van der Waals surface area (Å²) in [5, 5.41) is 2.03. The van der Waals surface area contributed by atoms with E-state index < -0.39 is 0 Å². The number of ketones is 1. The topological polar surface area (TPSA) is 35.5 Å². The Hall–Kier alpha value is -1.43. The van der Waals surface area contributed by atoms with Gasteiger partial charge in [0.25, 0.3) is 0 Å². The van der Waals surface area contributed by atoms with Crippen LogP contribution in [0.1, 0.15) is 56.3 Å². The molecule has 2 bridgehead atoms. The molecule has 5 heteroatoms. The van der Waals surface area contributed by atoms with E-state index in [1.807, 2.05) is 35.7 Å². The van der Waals surface area contributed by atoms with Gasteiger partial charge >= 0.3 is 7.12 Å². The van der Waals surface area contributed by atoms with Gasteiger partial charge in [0, 0.05) is 23.5 Å². The Balaban J connectivity index is 1.38. The second-order valence-electron chi connectivity index (χ2n) is 9.85. The van der Waals surface area contributed by atoms with Crippen LogP contribution in [0.4, 0.5) is 0 Å². The third-order valence-corrected chi connectivity index (χ3v) is 8.80. The number of thiophene rings is 1. The average molecular weight is 408 g/mol. The summed E-state index contributed by atoms with van der Waals surface area (Å²) in [6, 6.07) is 14.3. The van der Waals surface area contributed by atoms with E-state index in [2.05, 4.69) is 32.9 Å². The third-order valence-electron chi connectivity index (χ3n) is 7.92. The minimum atomic E-state index is -0.352. The summed E-state index contributed by atoms with van der Waals surface area (Å²) < 4.78 is 13.3. The van der Waals surface area contributed by atoms with Gasteiger partial charge in [-0.15, -0.1) is 11.3 Å². The highest BCUT2D eigenvalue weighted by molar-refractivity contribution is 7.10. The zero-order valence-electron chi connectivity index (χ0n) is 17.5. The predicted octanol–water partition coefficient (Wildman–Crippen LogP) is 5.30. The standard InChI is InChI=1S/C24H29BO3S/c1-23(2)17-12-21(23)24(3)22(13-17)27-25(28-24)20(16-8-5-4-6-9-16)15-18(26)14-19-10-7-11-29-19/h4-11,17,20-22H,12-15H2,1-3H3/t17?,20-,21?,22?,24-/m0/s1. The average Bonchev–Trinajstić information content (AvgIpc) is 3.32. The summed E-state index contributed by atoms with van der Waals surface area (Å²) in [6.45, 7) is 7.00. The van der Waals surface area contributed by atoms with Gasteiger partial charge in [-0.1, -0.05) is 50.2 Å². The lowest BCUT2D eigenvalue weighted by Gasteiger charge is -2.64. The largest absolute Gasteiger partial charge is 0.466 e. The monoisotopic (exact) mass is 408 g/mol. The Morgan fingerprint density at radius 3 is 2.66 bits per heavy atom. The van der Waals surface area contributed by atoms with Crippen molar-refractivity contribution in [2.45, 2.75) is 64.0 Å². The molecule has 0 radical (unpaired) electrons. The number of rotatable bonds is 6. The molecule has 3 unspecified atom stereocenters. The fraction of sp³-hybridized carbons (Fsp3) is 0.542. The van der Waals surface area contributed by atoms with Gasteiger partial charge in [0.2, 0.25) is 0 Å². The molecule has 3 aliphatic carbocycles. The van der Waals surface area contributed by atoms with Crippen LogP contribution in [0.25, 0.3) is 0 Å². The van der Waals surface area contributed by atoms with Gasteiger partial charge in [0.15, 0.2) is 0 Å². The molecule has 152 valence electrons. The zero-order valence-corrected chi connectivity index (χ0v) is 18.3. The number of hydrogen-bond donors (Lipinski definition) is 0. The third kappa shape index (κ3) is 3.22. The van der Waals surface area contributed by atoms with Gasteiger partial charge in [-0.05, 0) is 54.0 Å². The molecule has 29 heavy (non-hydrogen) atoms. The maximum atomic E-state index is 12.9. The molecule has 1 aromatic heterocycles. The molecule has 6 rings (SSSR count). The molecule has 1 saturated heterocycles. The summed E-state index contributed by atoms with van der Waals surface area (Å²) in [7, 11) is -0.352. The first-order valence-corrected chi connectivity index (χ1v) is 11.7. The first-order valence-electron chi connectivity index (χ1n) is 10.8. The van der Waals surface area contributed by atoms with E-state index in [4.69, 9.17) is 9.31 Å². The molecule has 2 heterocycles. The van der Waals surface area contributed by atoms with Crippen molar-refractivity contribution in [3.8, 4) is 0 Å². The van der Waals surface area contributed by atoms with Gasteiger partial charge in [-0.3, -0.25) is 4.79 Å². The lowest BCUT2D eigenvalue weighted by Crippen LogP contribution is -2.65. The van der Waals surface area contributed by atoms with Crippen molar-refractivity contribution in [2.75, 3.05) is 0 Å². The zero-order chi connectivity index (χ0) is 20.2. The number of Topliss-reactive ketones (excluding diaryl/α,β-unsaturated/α-hetero) is 1. The molecule has 3 nitrogen and oxygen atoms in total. The van der Waals surface area contributed by atoms with Gasteiger partial charge in [0.1, 0.15) is 5.78 Å². The molecule has 1 aliphatic heterocycles. The van der Waals surface area contributed by atoms with Gasteiger partial charge < -0.3 is 9.31 Å². The molecule has 4 aliphatic rings. The smallest absolute Gasteiger partial charge is 0.405 e. The lowest BCUT2D eigenvalue weighted by atomic mass is 9.43. The van der Waals surface area contributed by atoms with Crippen LogP contribution in [0, 0.1) is 17.3 Å². The van der Waals surface area contributed by atoms with E-state index in [0.29, 0.717) is 24.2 Å². The Bertz CT molecular complexity index is 881. The van der Waals surface area contributed by atoms with Gasteiger partial charge in [0.05, 0.1) is 11.7 Å². The van der Waals surface area contributed by atoms with Crippen molar-refractivity contribution in [1.82, 2.24) is 0 Å². The van der Waals surface area contributed by atoms with E-state index in [1.54, 1.807) is 11.3 Å². The molecule has 4 fully saturated rings. The second-order valence-corrected chi connectivity index (χ2v) is 10.9. The summed E-state index contributed by atoms with van der Waals surface area (Å²) >= 11 is 1.64. The lowest BCUT2D eigenvalue weighted by molar-refractivity contribution is -0.199. The molecule has 0 spiro atoms. The van der Waals surface area contributed by atoms with Crippen LogP contribution in [-0.2, 0) is 20.5 Å². The molecular weight excluding hydrogens is 379 g/mol. The van der Waals surface area contributed by atoms with Crippen molar-refractivity contribution in [2.24, 2.45) is 17.3 Å². The van der Waals surface area contributed by atoms with Crippen LogP contribution in [0.5, 0.6) is 0 Å². The first-order chi connectivity index (χ1) is 13.9. The molecule has 1 aromatic carbocycles. The molecule has 0 amide bonds. The normalized spacial score (nSPS) is 33.1. The second kappa shape index (κ2) is 7.07. The predicted molar refractivity (Wildman–Crippen MR) is 117 cm³/mol. The molecular formula is C24H29BO3S. The molecule has 3 saturated carbocycles. The van der Waals surface area contributed by atoms with Crippen LogP contribution in [-0.4, -0.2) is 24.6 Å². The highest BCUT2D eigenvalue weighted by atomic mass is 32.1. The maximum absolute atomic E-state index is 12.9. The number of hydrogen-bond acceptors (Lipinski definition) is 4. The number of carbonyl (C=O) groups excluding carboxylic acids is 1. The van der Waals surface area contributed by atoms with Gasteiger partial charge in [-0.25, -0.2) is 0 Å². The van der Waals surface area contributed by atoms with Crippen molar-refractivity contribution < 1.29 is 14.1 Å². The Morgan fingerprint density at radius 1 is 1.17 bits per heavy atom. The van der Waals surface area contributed by atoms with E-state index in [1.165, 1.54) is 6.42 Å². The van der Waals surface area contributed by atoms with E-state index >= 15 is 0 Å². The van der Waals surface area contributed by atoms with Gasteiger partial charge in [-0.2, -0.15) is 0 Å². The Labute approximate surface area is 178 Å². The highest BCUT2D eigenvalue weighted by Crippen LogP contribution is 2.66. The summed E-state index contributed by atoms with van der Waals surface area (Å²) in [4.78, 5) is 14.0. The Kier molecular flexibility index (Phi) is 4.76. The maximum Gasteiger partial charge on any atom is 0.466 e. The van der Waals surface area contributed by atoms with Crippen molar-refractivity contribution in [3.05, 3.63) is 58.3 Å².